The van der Waals surface area contributed by atoms with Gasteiger partial charge in [0.2, 0.25) is 0 Å². The van der Waals surface area contributed by atoms with E-state index >= 15 is 0 Å². The number of ketones is 1. The van der Waals surface area contributed by atoms with Crippen molar-refractivity contribution in [1.82, 2.24) is 4.90 Å². The summed E-state index contributed by atoms with van der Waals surface area (Å²) in [6, 6.07) is 10.1. The number of carbonyl (C=O) groups is 1. The molecule has 0 spiro atoms. The fourth-order valence-corrected chi connectivity index (χ4v) is 2.75. The van der Waals surface area contributed by atoms with Crippen LogP contribution in [0, 0.1) is 0 Å². The molecule has 2 aliphatic heterocycles. The number of allylic oxidation sites excluding steroid dienone is 2. The van der Waals surface area contributed by atoms with E-state index < -0.39 is 5.54 Å². The van der Waals surface area contributed by atoms with Crippen molar-refractivity contribution in [3.63, 3.8) is 0 Å². The van der Waals surface area contributed by atoms with E-state index in [2.05, 4.69) is 17.0 Å². The maximum Gasteiger partial charge on any atom is 0.132 e. The molecule has 2 aliphatic rings. The lowest BCUT2D eigenvalue weighted by Gasteiger charge is -2.26. The van der Waals surface area contributed by atoms with Crippen LogP contribution in [0.15, 0.2) is 59.8 Å². The molecule has 0 fully saturated rings. The molecule has 3 heteroatoms. The zero-order chi connectivity index (χ0) is 13.3. The molecule has 0 N–H and O–H groups in total. The normalized spacial score (nSPS) is 24.3. The molecule has 0 saturated heterocycles. The molecule has 0 aromatic heterocycles. The second-order valence-corrected chi connectivity index (χ2v) is 5.07. The van der Waals surface area contributed by atoms with Gasteiger partial charge in [0.15, 0.2) is 0 Å². The molecule has 1 aromatic carbocycles. The van der Waals surface area contributed by atoms with Gasteiger partial charge in [-0.25, -0.2) is 0 Å². The van der Waals surface area contributed by atoms with Crippen molar-refractivity contribution in [2.45, 2.75) is 18.9 Å². The molecular weight excluding hydrogens is 236 g/mol. The number of amidine groups is 1. The lowest BCUT2D eigenvalue weighted by Crippen LogP contribution is -2.33. The Kier molecular flexibility index (Phi) is 2.82. The number of Topliss-reactive ketones (excluding diaryl/α,β-unsaturated/α-hetero) is 1. The number of hydrogen-bond donors (Lipinski definition) is 0. The van der Waals surface area contributed by atoms with Crippen LogP contribution in [-0.4, -0.2) is 23.1 Å². The van der Waals surface area contributed by atoms with E-state index in [0.29, 0.717) is 6.42 Å². The van der Waals surface area contributed by atoms with Gasteiger partial charge in [0.25, 0.3) is 0 Å². The molecule has 1 unspecified atom stereocenters. The average molecular weight is 252 g/mol. The number of benzene rings is 1. The highest BCUT2D eigenvalue weighted by molar-refractivity contribution is 5.97. The molecule has 0 saturated carbocycles. The molecule has 1 atom stereocenters. The van der Waals surface area contributed by atoms with Crippen molar-refractivity contribution >= 4 is 11.6 Å². The number of rotatable bonds is 3. The molecule has 0 radical (unpaired) electrons. The van der Waals surface area contributed by atoms with Crippen LogP contribution in [0.25, 0.3) is 0 Å². The summed E-state index contributed by atoms with van der Waals surface area (Å²) in [5, 5.41) is 0. The summed E-state index contributed by atoms with van der Waals surface area (Å²) in [6.07, 6.45) is 8.42. The third kappa shape index (κ3) is 2.12. The summed E-state index contributed by atoms with van der Waals surface area (Å²) in [7, 11) is 0. The van der Waals surface area contributed by atoms with Crippen LogP contribution in [0.3, 0.4) is 0 Å². The highest BCUT2D eigenvalue weighted by Gasteiger charge is 2.40. The summed E-state index contributed by atoms with van der Waals surface area (Å²) in [6.45, 7) is 2.36. The predicted octanol–water partition coefficient (Wildman–Crippen LogP) is 2.66. The van der Waals surface area contributed by atoms with Gasteiger partial charge in [-0.1, -0.05) is 36.4 Å². The standard InChI is InChI=1S/C16H16N2O/c1-13(19)11-16(14-7-3-2-4-8-14)12-18-10-6-5-9-15(18)17-16/h2-10H,11-12H2,1H3. The molecule has 3 nitrogen and oxygen atoms in total. The largest absolute Gasteiger partial charge is 0.331 e. The zero-order valence-corrected chi connectivity index (χ0v) is 10.9. The van der Waals surface area contributed by atoms with Crippen molar-refractivity contribution in [1.29, 1.82) is 0 Å². The Balaban J connectivity index is 2.05. The minimum Gasteiger partial charge on any atom is -0.331 e. The van der Waals surface area contributed by atoms with Crippen LogP contribution in [0.5, 0.6) is 0 Å². The quantitative estimate of drug-likeness (QED) is 0.828. The first-order chi connectivity index (χ1) is 9.20. The fraction of sp³-hybridized carbons (Fsp3) is 0.250. The van der Waals surface area contributed by atoms with E-state index in [1.165, 1.54) is 0 Å². The van der Waals surface area contributed by atoms with Gasteiger partial charge < -0.3 is 4.90 Å². The molecule has 3 rings (SSSR count). The molecule has 96 valence electrons. The third-order valence-electron chi connectivity index (χ3n) is 3.53. The Bertz CT molecular complexity index is 586. The molecule has 2 heterocycles. The predicted molar refractivity (Wildman–Crippen MR) is 75.8 cm³/mol. The molecule has 0 aliphatic carbocycles. The Morgan fingerprint density at radius 3 is 2.79 bits per heavy atom. The molecular formula is C16H16N2O. The van der Waals surface area contributed by atoms with Gasteiger partial charge in [-0.05, 0) is 24.6 Å². The van der Waals surface area contributed by atoms with E-state index in [1.54, 1.807) is 6.92 Å². The second-order valence-electron chi connectivity index (χ2n) is 5.07. The van der Waals surface area contributed by atoms with E-state index in [4.69, 9.17) is 4.99 Å². The monoisotopic (exact) mass is 252 g/mol. The van der Waals surface area contributed by atoms with Crippen LogP contribution in [-0.2, 0) is 10.3 Å². The van der Waals surface area contributed by atoms with Crippen molar-refractivity contribution in [3.05, 3.63) is 60.3 Å². The van der Waals surface area contributed by atoms with Gasteiger partial charge in [-0.2, -0.15) is 0 Å². The Labute approximate surface area is 113 Å². The average Bonchev–Trinajstić information content (AvgIpc) is 2.78. The van der Waals surface area contributed by atoms with Crippen molar-refractivity contribution in [3.8, 4) is 0 Å². The zero-order valence-electron chi connectivity index (χ0n) is 10.9. The second kappa shape index (κ2) is 4.50. The van der Waals surface area contributed by atoms with Gasteiger partial charge in [0.05, 0.1) is 6.54 Å². The van der Waals surface area contributed by atoms with E-state index in [0.717, 1.165) is 17.9 Å². The minimum atomic E-state index is -0.443. The smallest absolute Gasteiger partial charge is 0.132 e. The van der Waals surface area contributed by atoms with Crippen LogP contribution in [0.4, 0.5) is 0 Å². The van der Waals surface area contributed by atoms with Crippen LogP contribution < -0.4 is 0 Å². The van der Waals surface area contributed by atoms with Crippen molar-refractivity contribution in [2.75, 3.05) is 6.54 Å². The Morgan fingerprint density at radius 1 is 1.32 bits per heavy atom. The van der Waals surface area contributed by atoms with Gasteiger partial charge >= 0.3 is 0 Å². The first kappa shape index (κ1) is 11.9. The number of fused-ring (bicyclic) bond motifs is 1. The first-order valence-corrected chi connectivity index (χ1v) is 6.46. The summed E-state index contributed by atoms with van der Waals surface area (Å²) >= 11 is 0. The molecule has 1 aromatic rings. The topological polar surface area (TPSA) is 32.7 Å². The number of hydrogen-bond acceptors (Lipinski definition) is 3. The highest BCUT2D eigenvalue weighted by atomic mass is 16.1. The number of carbonyl (C=O) groups excluding carboxylic acids is 1. The molecule has 0 bridgehead atoms. The van der Waals surface area contributed by atoms with E-state index in [1.807, 2.05) is 42.6 Å². The molecule has 19 heavy (non-hydrogen) atoms. The van der Waals surface area contributed by atoms with E-state index in [-0.39, 0.29) is 5.78 Å². The third-order valence-corrected chi connectivity index (χ3v) is 3.53. The summed E-state index contributed by atoms with van der Waals surface area (Å²) in [5.41, 5.74) is 0.662. The number of aliphatic imine (C=N–C) groups is 1. The van der Waals surface area contributed by atoms with E-state index in [9.17, 15) is 4.79 Å². The molecule has 0 amide bonds. The van der Waals surface area contributed by atoms with Crippen LogP contribution in [0.1, 0.15) is 18.9 Å². The van der Waals surface area contributed by atoms with Gasteiger partial charge in [-0.15, -0.1) is 0 Å². The van der Waals surface area contributed by atoms with Crippen molar-refractivity contribution in [2.24, 2.45) is 4.99 Å². The van der Waals surface area contributed by atoms with Gasteiger partial charge in [0, 0.05) is 12.6 Å². The SMILES string of the molecule is CC(=O)CC1(c2ccccc2)CN2C=CC=CC2=N1. The lowest BCUT2D eigenvalue weighted by atomic mass is 9.86. The fourth-order valence-electron chi connectivity index (χ4n) is 2.75. The van der Waals surface area contributed by atoms with Crippen LogP contribution >= 0.6 is 0 Å². The Morgan fingerprint density at radius 2 is 2.11 bits per heavy atom. The Hall–Kier alpha value is -2.16. The van der Waals surface area contributed by atoms with Gasteiger partial charge in [-0.3, -0.25) is 9.79 Å². The maximum absolute atomic E-state index is 11.7. The number of nitrogens with zero attached hydrogens (tertiary/aromatic N) is 2. The summed E-state index contributed by atoms with van der Waals surface area (Å²) in [5.74, 6) is 1.11. The summed E-state index contributed by atoms with van der Waals surface area (Å²) < 4.78 is 0. The maximum atomic E-state index is 11.7. The van der Waals surface area contributed by atoms with Crippen LogP contribution in [0.2, 0.25) is 0 Å². The minimum absolute atomic E-state index is 0.168. The first-order valence-electron chi connectivity index (χ1n) is 6.46. The highest BCUT2D eigenvalue weighted by Crippen LogP contribution is 2.36. The van der Waals surface area contributed by atoms with Gasteiger partial charge in [0.1, 0.15) is 17.2 Å². The summed E-state index contributed by atoms with van der Waals surface area (Å²) in [4.78, 5) is 18.6. The van der Waals surface area contributed by atoms with Crippen molar-refractivity contribution < 1.29 is 4.79 Å². The lowest BCUT2D eigenvalue weighted by molar-refractivity contribution is -0.118.